The van der Waals surface area contributed by atoms with Gasteiger partial charge in [-0.15, -0.1) is 0 Å². The summed E-state index contributed by atoms with van der Waals surface area (Å²) < 4.78 is 26.2. The van der Waals surface area contributed by atoms with Gasteiger partial charge in [-0.2, -0.15) is 0 Å². The zero-order valence-corrected chi connectivity index (χ0v) is 22.8. The minimum atomic E-state index is -3.65. The Labute approximate surface area is 226 Å². The first-order chi connectivity index (χ1) is 18.4. The fraction of sp³-hybridized carbons (Fsp3) is 0.452. The Bertz CT molecular complexity index is 1380. The standard InChI is InChI=1S/C31H38N2O4S/c34-21-24(22-38(36,37)28-13-12-25-7-2-3-8-26(25)19-28)18-31(35)32-30-10-6-9-27-17-23(11-14-29(27)30)20-33-15-4-1-5-16-33/h2-3,7-8,11-14,17,19,24,30,34H,1,4-6,9-10,15-16,18,20-22H2,(H,32,35)/t24-,30?/m1/s1. The number of carbonyl (C=O) groups is 1. The molecule has 0 aromatic heterocycles. The molecule has 3 aromatic carbocycles. The van der Waals surface area contributed by atoms with Gasteiger partial charge in [0.05, 0.1) is 16.7 Å². The third-order valence-electron chi connectivity index (χ3n) is 7.98. The third-order valence-corrected chi connectivity index (χ3v) is 9.86. The molecule has 1 aliphatic heterocycles. The first-order valence-electron chi connectivity index (χ1n) is 13.9. The molecule has 2 atom stereocenters. The topological polar surface area (TPSA) is 86.7 Å². The average Bonchev–Trinajstić information content (AvgIpc) is 2.93. The van der Waals surface area contributed by atoms with Crippen molar-refractivity contribution in [3.05, 3.63) is 77.4 Å². The maximum absolute atomic E-state index is 13.1. The minimum absolute atomic E-state index is 0.0256. The molecule has 6 nitrogen and oxygen atoms in total. The van der Waals surface area contributed by atoms with Crippen molar-refractivity contribution in [2.45, 2.75) is 62.4 Å². The third kappa shape index (κ3) is 6.45. The quantitative estimate of drug-likeness (QED) is 0.412. The van der Waals surface area contributed by atoms with Crippen LogP contribution >= 0.6 is 0 Å². The van der Waals surface area contributed by atoms with Gasteiger partial charge in [0.1, 0.15) is 0 Å². The van der Waals surface area contributed by atoms with Gasteiger partial charge in [-0.3, -0.25) is 9.69 Å². The summed E-state index contributed by atoms with van der Waals surface area (Å²) in [6.07, 6.45) is 6.73. The maximum Gasteiger partial charge on any atom is 0.220 e. The molecule has 0 radical (unpaired) electrons. The highest BCUT2D eigenvalue weighted by Gasteiger charge is 2.26. The highest BCUT2D eigenvalue weighted by atomic mass is 32.2. The van der Waals surface area contributed by atoms with Crippen molar-refractivity contribution in [2.24, 2.45) is 5.92 Å². The summed E-state index contributed by atoms with van der Waals surface area (Å²) in [5, 5.41) is 14.9. The molecule has 2 aliphatic rings. The van der Waals surface area contributed by atoms with Crippen molar-refractivity contribution in [1.29, 1.82) is 0 Å². The van der Waals surface area contributed by atoms with Gasteiger partial charge in [-0.25, -0.2) is 8.42 Å². The first-order valence-corrected chi connectivity index (χ1v) is 15.5. The summed E-state index contributed by atoms with van der Waals surface area (Å²) >= 11 is 0. The van der Waals surface area contributed by atoms with Crippen LogP contribution in [0.4, 0.5) is 0 Å². The molecule has 0 spiro atoms. The monoisotopic (exact) mass is 534 g/mol. The minimum Gasteiger partial charge on any atom is -0.396 e. The molecule has 1 saturated heterocycles. The molecular formula is C31H38N2O4S. The van der Waals surface area contributed by atoms with E-state index < -0.39 is 15.8 Å². The molecule has 38 heavy (non-hydrogen) atoms. The molecule has 2 N–H and O–H groups in total. The number of aliphatic hydroxyl groups is 1. The Kier molecular flexibility index (Phi) is 8.46. The van der Waals surface area contributed by atoms with E-state index in [0.717, 1.165) is 42.1 Å². The van der Waals surface area contributed by atoms with E-state index >= 15 is 0 Å². The molecule has 1 aliphatic carbocycles. The van der Waals surface area contributed by atoms with Crippen LogP contribution in [-0.2, 0) is 27.6 Å². The summed E-state index contributed by atoms with van der Waals surface area (Å²) in [5.41, 5.74) is 3.79. The molecule has 1 fully saturated rings. The van der Waals surface area contributed by atoms with Crippen molar-refractivity contribution >= 4 is 26.5 Å². The lowest BCUT2D eigenvalue weighted by atomic mass is 9.86. The fourth-order valence-corrected chi connectivity index (χ4v) is 7.57. The Hall–Kier alpha value is -2.74. The Morgan fingerprint density at radius 1 is 0.974 bits per heavy atom. The van der Waals surface area contributed by atoms with Crippen LogP contribution in [0, 0.1) is 5.92 Å². The average molecular weight is 535 g/mol. The van der Waals surface area contributed by atoms with Crippen LogP contribution in [-0.4, -0.2) is 49.8 Å². The Morgan fingerprint density at radius 2 is 1.76 bits per heavy atom. The Balaban J connectivity index is 1.21. The van der Waals surface area contributed by atoms with Crippen LogP contribution in [0.5, 0.6) is 0 Å². The van der Waals surface area contributed by atoms with E-state index in [4.69, 9.17) is 0 Å². The zero-order chi connectivity index (χ0) is 26.5. The second-order valence-corrected chi connectivity index (χ2v) is 13.0. The van der Waals surface area contributed by atoms with E-state index in [1.807, 2.05) is 24.3 Å². The van der Waals surface area contributed by atoms with Crippen molar-refractivity contribution in [1.82, 2.24) is 10.2 Å². The number of sulfone groups is 1. The van der Waals surface area contributed by atoms with Crippen LogP contribution in [0.3, 0.4) is 0 Å². The Morgan fingerprint density at radius 3 is 2.55 bits per heavy atom. The summed E-state index contributed by atoms with van der Waals surface area (Å²) in [6.45, 7) is 2.95. The number of piperidine rings is 1. The van der Waals surface area contributed by atoms with E-state index in [1.165, 1.54) is 43.5 Å². The zero-order valence-electron chi connectivity index (χ0n) is 21.9. The molecule has 7 heteroatoms. The molecule has 202 valence electrons. The number of carbonyl (C=O) groups excluding carboxylic acids is 1. The van der Waals surface area contributed by atoms with Crippen molar-refractivity contribution in [2.75, 3.05) is 25.4 Å². The number of rotatable bonds is 9. The maximum atomic E-state index is 13.1. The normalized spacial score (nSPS) is 19.1. The first kappa shape index (κ1) is 26.9. The summed E-state index contributed by atoms with van der Waals surface area (Å²) in [5.74, 6) is -1.15. The molecule has 3 aromatic rings. The molecular weight excluding hydrogens is 496 g/mol. The molecule has 5 rings (SSSR count). The van der Waals surface area contributed by atoms with Crippen molar-refractivity contribution in [3.8, 4) is 0 Å². The number of likely N-dealkylation sites (tertiary alicyclic amines) is 1. The van der Waals surface area contributed by atoms with Crippen LogP contribution in [0.25, 0.3) is 10.8 Å². The number of aliphatic hydroxyl groups excluding tert-OH is 1. The number of amides is 1. The summed E-state index contributed by atoms with van der Waals surface area (Å²) in [6, 6.07) is 19.2. The van der Waals surface area contributed by atoms with E-state index in [9.17, 15) is 18.3 Å². The lowest BCUT2D eigenvalue weighted by Crippen LogP contribution is -2.34. The summed E-state index contributed by atoms with van der Waals surface area (Å²) in [4.78, 5) is 15.7. The molecule has 1 unspecified atom stereocenters. The van der Waals surface area contributed by atoms with Crippen molar-refractivity contribution in [3.63, 3.8) is 0 Å². The van der Waals surface area contributed by atoms with E-state index in [2.05, 4.69) is 28.4 Å². The number of hydrogen-bond acceptors (Lipinski definition) is 5. The van der Waals surface area contributed by atoms with Gasteiger partial charge in [0.25, 0.3) is 0 Å². The number of fused-ring (bicyclic) bond motifs is 2. The van der Waals surface area contributed by atoms with Gasteiger partial charge in [0, 0.05) is 25.5 Å². The molecule has 1 heterocycles. The van der Waals surface area contributed by atoms with Gasteiger partial charge >= 0.3 is 0 Å². The highest BCUT2D eigenvalue weighted by molar-refractivity contribution is 7.91. The largest absolute Gasteiger partial charge is 0.396 e. The highest BCUT2D eigenvalue weighted by Crippen LogP contribution is 2.31. The smallest absolute Gasteiger partial charge is 0.220 e. The number of benzene rings is 3. The van der Waals surface area contributed by atoms with Crippen LogP contribution in [0.2, 0.25) is 0 Å². The van der Waals surface area contributed by atoms with E-state index in [1.54, 1.807) is 18.2 Å². The fourth-order valence-electron chi connectivity index (χ4n) is 5.95. The molecule has 1 amide bonds. The van der Waals surface area contributed by atoms with Crippen LogP contribution in [0.1, 0.15) is 61.3 Å². The SMILES string of the molecule is O=C(C[C@H](CO)CS(=O)(=O)c1ccc2ccccc2c1)NC1CCCc2cc(CN3CCCCC3)ccc21. The number of hydrogen-bond donors (Lipinski definition) is 2. The van der Waals surface area contributed by atoms with Gasteiger partial charge in [-0.1, -0.05) is 55.0 Å². The number of nitrogens with zero attached hydrogens (tertiary/aromatic N) is 1. The number of aryl methyl sites for hydroxylation is 1. The molecule has 0 saturated carbocycles. The van der Waals surface area contributed by atoms with E-state index in [-0.39, 0.29) is 35.6 Å². The van der Waals surface area contributed by atoms with Gasteiger partial charge in [-0.05, 0) is 84.8 Å². The second kappa shape index (κ2) is 12.0. The van der Waals surface area contributed by atoms with Gasteiger partial charge < -0.3 is 10.4 Å². The van der Waals surface area contributed by atoms with Crippen LogP contribution < -0.4 is 5.32 Å². The lowest BCUT2D eigenvalue weighted by molar-refractivity contribution is -0.123. The lowest BCUT2D eigenvalue weighted by Gasteiger charge is -2.29. The summed E-state index contributed by atoms with van der Waals surface area (Å²) in [7, 11) is -3.65. The van der Waals surface area contributed by atoms with Gasteiger partial charge in [0.2, 0.25) is 5.91 Å². The number of nitrogens with one attached hydrogen (secondary N) is 1. The predicted molar refractivity (Wildman–Crippen MR) is 151 cm³/mol. The predicted octanol–water partition coefficient (Wildman–Crippen LogP) is 4.79. The van der Waals surface area contributed by atoms with Crippen LogP contribution in [0.15, 0.2) is 65.6 Å². The van der Waals surface area contributed by atoms with Crippen molar-refractivity contribution < 1.29 is 18.3 Å². The van der Waals surface area contributed by atoms with E-state index in [0.29, 0.717) is 0 Å². The van der Waals surface area contributed by atoms with Gasteiger partial charge in [0.15, 0.2) is 9.84 Å². The second-order valence-electron chi connectivity index (χ2n) is 10.9. The molecule has 0 bridgehead atoms.